The molecule has 17 heavy (non-hydrogen) atoms. The molecule has 0 spiro atoms. The Morgan fingerprint density at radius 2 is 2.06 bits per heavy atom. The van der Waals surface area contributed by atoms with E-state index in [1.165, 1.54) is 0 Å². The van der Waals surface area contributed by atoms with Crippen LogP contribution in [-0.4, -0.2) is 23.1 Å². The molecule has 0 amide bonds. The molecular weight excluding hydrogens is 214 g/mol. The van der Waals surface area contributed by atoms with Gasteiger partial charge in [-0.3, -0.25) is 9.48 Å². The van der Waals surface area contributed by atoms with Crippen molar-refractivity contribution in [3.63, 3.8) is 0 Å². The van der Waals surface area contributed by atoms with Crippen LogP contribution in [0.5, 0.6) is 0 Å². The van der Waals surface area contributed by atoms with Gasteiger partial charge in [0.25, 0.3) is 0 Å². The number of benzene rings is 1. The summed E-state index contributed by atoms with van der Waals surface area (Å²) in [6.45, 7) is 0.800. The van der Waals surface area contributed by atoms with Crippen molar-refractivity contribution in [3.05, 3.63) is 47.8 Å². The predicted molar refractivity (Wildman–Crippen MR) is 67.1 cm³/mol. The van der Waals surface area contributed by atoms with E-state index in [2.05, 4.69) is 10.00 Å². The topological polar surface area (TPSA) is 38.1 Å². The zero-order valence-corrected chi connectivity index (χ0v) is 10.00. The maximum absolute atomic E-state index is 10.6. The molecule has 0 unspecified atom stereocenters. The van der Waals surface area contributed by atoms with Gasteiger partial charge in [0.2, 0.25) is 0 Å². The van der Waals surface area contributed by atoms with Crippen LogP contribution < -0.4 is 4.90 Å². The summed E-state index contributed by atoms with van der Waals surface area (Å²) in [6, 6.07) is 7.53. The van der Waals surface area contributed by atoms with Gasteiger partial charge in [0, 0.05) is 43.7 Å². The predicted octanol–water partition coefficient (Wildman–Crippen LogP) is 1.87. The Morgan fingerprint density at radius 3 is 2.59 bits per heavy atom. The average Bonchev–Trinajstić information content (AvgIpc) is 2.75. The van der Waals surface area contributed by atoms with Crippen molar-refractivity contribution in [2.75, 3.05) is 11.9 Å². The standard InChI is InChI=1S/C13H15N3O/c1-15(8-12-7-14-16(2)9-12)13-5-3-11(10-17)4-6-13/h3-7,9-10H,8H2,1-2H3. The Hall–Kier alpha value is -2.10. The number of carbonyl (C=O) groups excluding carboxylic acids is 1. The summed E-state index contributed by atoms with van der Waals surface area (Å²) in [5, 5.41) is 4.13. The van der Waals surface area contributed by atoms with Crippen molar-refractivity contribution in [3.8, 4) is 0 Å². The lowest BCUT2D eigenvalue weighted by molar-refractivity contribution is 0.112. The maximum Gasteiger partial charge on any atom is 0.150 e. The molecule has 0 aliphatic carbocycles. The maximum atomic E-state index is 10.6. The van der Waals surface area contributed by atoms with Crippen molar-refractivity contribution in [1.29, 1.82) is 0 Å². The van der Waals surface area contributed by atoms with Crippen LogP contribution >= 0.6 is 0 Å². The first-order valence-electron chi connectivity index (χ1n) is 5.43. The van der Waals surface area contributed by atoms with Crippen molar-refractivity contribution < 1.29 is 4.79 Å². The van der Waals surface area contributed by atoms with Crippen LogP contribution in [0.25, 0.3) is 0 Å². The first-order valence-corrected chi connectivity index (χ1v) is 5.43. The number of aldehydes is 1. The molecular formula is C13H15N3O. The van der Waals surface area contributed by atoms with Gasteiger partial charge in [-0.25, -0.2) is 0 Å². The average molecular weight is 229 g/mol. The molecule has 0 aliphatic heterocycles. The smallest absolute Gasteiger partial charge is 0.150 e. The van der Waals surface area contributed by atoms with Crippen molar-refractivity contribution in [2.24, 2.45) is 7.05 Å². The third-order valence-corrected chi connectivity index (χ3v) is 2.65. The lowest BCUT2D eigenvalue weighted by Crippen LogP contribution is -2.15. The highest BCUT2D eigenvalue weighted by atomic mass is 16.1. The van der Waals surface area contributed by atoms with Gasteiger partial charge in [-0.15, -0.1) is 0 Å². The van der Waals surface area contributed by atoms with E-state index in [-0.39, 0.29) is 0 Å². The zero-order valence-electron chi connectivity index (χ0n) is 10.00. The van der Waals surface area contributed by atoms with Crippen molar-refractivity contribution in [2.45, 2.75) is 6.54 Å². The second-order valence-corrected chi connectivity index (χ2v) is 4.09. The summed E-state index contributed by atoms with van der Waals surface area (Å²) in [4.78, 5) is 12.7. The van der Waals surface area contributed by atoms with Gasteiger partial charge < -0.3 is 4.90 Å². The second-order valence-electron chi connectivity index (χ2n) is 4.09. The van der Waals surface area contributed by atoms with Crippen LogP contribution in [0.4, 0.5) is 5.69 Å². The molecule has 1 aromatic carbocycles. The number of hydrogen-bond acceptors (Lipinski definition) is 3. The molecule has 0 N–H and O–H groups in total. The molecule has 0 saturated heterocycles. The monoisotopic (exact) mass is 229 g/mol. The summed E-state index contributed by atoms with van der Waals surface area (Å²) in [5.41, 5.74) is 2.94. The SMILES string of the molecule is CN(Cc1cnn(C)c1)c1ccc(C=O)cc1. The summed E-state index contributed by atoms with van der Waals surface area (Å²) in [5.74, 6) is 0. The first-order chi connectivity index (χ1) is 8.19. The minimum Gasteiger partial charge on any atom is -0.370 e. The minimum atomic E-state index is 0.698. The molecule has 0 bridgehead atoms. The Kier molecular flexibility index (Phi) is 3.23. The summed E-state index contributed by atoms with van der Waals surface area (Å²) in [6.07, 6.45) is 4.71. The van der Waals surface area contributed by atoms with Gasteiger partial charge in [-0.2, -0.15) is 5.10 Å². The van der Waals surface area contributed by atoms with Crippen molar-refractivity contribution >= 4 is 12.0 Å². The number of anilines is 1. The molecule has 0 fully saturated rings. The van der Waals surface area contributed by atoms with E-state index < -0.39 is 0 Å². The summed E-state index contributed by atoms with van der Waals surface area (Å²) in [7, 11) is 3.92. The lowest BCUT2D eigenvalue weighted by atomic mass is 10.2. The highest BCUT2D eigenvalue weighted by Gasteiger charge is 2.03. The van der Waals surface area contributed by atoms with Crippen LogP contribution in [0.1, 0.15) is 15.9 Å². The van der Waals surface area contributed by atoms with E-state index in [4.69, 9.17) is 0 Å². The van der Waals surface area contributed by atoms with E-state index in [1.54, 1.807) is 4.68 Å². The van der Waals surface area contributed by atoms with E-state index in [9.17, 15) is 4.79 Å². The van der Waals surface area contributed by atoms with E-state index in [1.807, 2.05) is 50.8 Å². The van der Waals surface area contributed by atoms with E-state index in [0.29, 0.717) is 5.56 Å². The fourth-order valence-corrected chi connectivity index (χ4v) is 1.73. The number of nitrogens with zero attached hydrogens (tertiary/aromatic N) is 3. The van der Waals surface area contributed by atoms with E-state index >= 15 is 0 Å². The first kappa shape index (κ1) is 11.4. The number of aromatic nitrogens is 2. The molecule has 2 aromatic rings. The number of carbonyl (C=O) groups is 1. The normalized spacial score (nSPS) is 10.2. The zero-order chi connectivity index (χ0) is 12.3. The quantitative estimate of drug-likeness (QED) is 0.751. The molecule has 0 radical (unpaired) electrons. The van der Waals surface area contributed by atoms with Gasteiger partial charge >= 0.3 is 0 Å². The molecule has 1 heterocycles. The second kappa shape index (κ2) is 4.82. The number of rotatable bonds is 4. The van der Waals surface area contributed by atoms with Gasteiger partial charge in [0.1, 0.15) is 6.29 Å². The Balaban J connectivity index is 2.08. The van der Waals surface area contributed by atoms with Gasteiger partial charge in [0.15, 0.2) is 0 Å². The minimum absolute atomic E-state index is 0.698. The number of aryl methyl sites for hydroxylation is 1. The fraction of sp³-hybridized carbons (Fsp3) is 0.231. The van der Waals surface area contributed by atoms with Crippen molar-refractivity contribution in [1.82, 2.24) is 9.78 Å². The van der Waals surface area contributed by atoms with Gasteiger partial charge in [-0.1, -0.05) is 0 Å². The lowest BCUT2D eigenvalue weighted by Gasteiger charge is -2.18. The Labute approximate surface area is 100 Å². The molecule has 4 heteroatoms. The van der Waals surface area contributed by atoms with Crippen LogP contribution in [0.15, 0.2) is 36.7 Å². The largest absolute Gasteiger partial charge is 0.370 e. The van der Waals surface area contributed by atoms with Crippen LogP contribution in [0.2, 0.25) is 0 Å². The van der Waals surface area contributed by atoms with E-state index in [0.717, 1.165) is 24.1 Å². The number of hydrogen-bond donors (Lipinski definition) is 0. The van der Waals surface area contributed by atoms with Gasteiger partial charge in [0.05, 0.1) is 6.20 Å². The third kappa shape index (κ3) is 2.72. The summed E-state index contributed by atoms with van der Waals surface area (Å²) >= 11 is 0. The molecule has 88 valence electrons. The molecule has 1 aromatic heterocycles. The van der Waals surface area contributed by atoms with Crippen LogP contribution in [0, 0.1) is 0 Å². The highest BCUT2D eigenvalue weighted by Crippen LogP contribution is 2.15. The molecule has 2 rings (SSSR count). The molecule has 4 nitrogen and oxygen atoms in total. The highest BCUT2D eigenvalue weighted by molar-refractivity contribution is 5.75. The van der Waals surface area contributed by atoms with Crippen LogP contribution in [-0.2, 0) is 13.6 Å². The molecule has 0 saturated carbocycles. The third-order valence-electron chi connectivity index (χ3n) is 2.65. The Morgan fingerprint density at radius 1 is 1.35 bits per heavy atom. The molecule has 0 atom stereocenters. The Bertz CT molecular complexity index is 502. The van der Waals surface area contributed by atoms with Gasteiger partial charge in [-0.05, 0) is 24.3 Å². The van der Waals surface area contributed by atoms with Crippen LogP contribution in [0.3, 0.4) is 0 Å². The fourth-order valence-electron chi connectivity index (χ4n) is 1.73. The summed E-state index contributed by atoms with van der Waals surface area (Å²) < 4.78 is 1.79. The molecule has 0 aliphatic rings.